The van der Waals surface area contributed by atoms with Crippen LogP contribution in [0, 0.1) is 0 Å². The normalized spacial score (nSPS) is 21.6. The van der Waals surface area contributed by atoms with Crippen LogP contribution >= 0.6 is 11.8 Å². The Morgan fingerprint density at radius 1 is 1.71 bits per heavy atom. The summed E-state index contributed by atoms with van der Waals surface area (Å²) < 4.78 is 5.60. The average molecular weight is 212 g/mol. The highest BCUT2D eigenvalue weighted by atomic mass is 32.2. The lowest BCUT2D eigenvalue weighted by atomic mass is 10.2. The number of aromatic nitrogens is 1. The van der Waals surface area contributed by atoms with E-state index in [4.69, 9.17) is 4.42 Å². The molecule has 78 valence electrons. The fourth-order valence-electron chi connectivity index (χ4n) is 1.70. The predicted octanol–water partition coefficient (Wildman–Crippen LogP) is 1.83. The Bertz CT molecular complexity index is 281. The van der Waals surface area contributed by atoms with Gasteiger partial charge in [0.15, 0.2) is 5.89 Å². The summed E-state index contributed by atoms with van der Waals surface area (Å²) in [5.74, 6) is 3.13. The topological polar surface area (TPSA) is 38.1 Å². The van der Waals surface area contributed by atoms with Gasteiger partial charge < -0.3 is 9.73 Å². The van der Waals surface area contributed by atoms with E-state index in [0.717, 1.165) is 29.9 Å². The van der Waals surface area contributed by atoms with Gasteiger partial charge in [-0.25, -0.2) is 4.98 Å². The molecule has 4 heteroatoms. The van der Waals surface area contributed by atoms with Gasteiger partial charge in [-0.15, -0.1) is 0 Å². The minimum Gasteiger partial charge on any atom is -0.444 e. The highest BCUT2D eigenvalue weighted by Crippen LogP contribution is 2.28. The van der Waals surface area contributed by atoms with E-state index in [2.05, 4.69) is 10.3 Å². The molecule has 0 aromatic carbocycles. The summed E-state index contributed by atoms with van der Waals surface area (Å²) in [6.07, 6.45) is 5.48. The lowest BCUT2D eigenvalue weighted by Crippen LogP contribution is -2.04. The van der Waals surface area contributed by atoms with Gasteiger partial charge in [0.2, 0.25) is 0 Å². The number of oxazole rings is 1. The van der Waals surface area contributed by atoms with Crippen molar-refractivity contribution in [1.82, 2.24) is 10.3 Å². The van der Waals surface area contributed by atoms with E-state index in [1.54, 1.807) is 0 Å². The van der Waals surface area contributed by atoms with E-state index in [1.165, 1.54) is 18.6 Å². The first-order valence-electron chi connectivity index (χ1n) is 5.08. The molecule has 1 aliphatic rings. The van der Waals surface area contributed by atoms with Gasteiger partial charge in [-0.1, -0.05) is 0 Å². The number of nitrogens with zero attached hydrogens (tertiary/aromatic N) is 1. The molecule has 1 aliphatic heterocycles. The maximum absolute atomic E-state index is 5.60. The molecule has 1 aromatic rings. The van der Waals surface area contributed by atoms with E-state index >= 15 is 0 Å². The van der Waals surface area contributed by atoms with Gasteiger partial charge in [0.1, 0.15) is 5.76 Å². The van der Waals surface area contributed by atoms with Crippen LogP contribution in [0.3, 0.4) is 0 Å². The molecule has 1 N–H and O–H groups in total. The molecule has 0 spiro atoms. The first kappa shape index (κ1) is 10.1. The van der Waals surface area contributed by atoms with E-state index in [0.29, 0.717) is 0 Å². The summed E-state index contributed by atoms with van der Waals surface area (Å²) in [7, 11) is 1.91. The predicted molar refractivity (Wildman–Crippen MR) is 58.5 cm³/mol. The van der Waals surface area contributed by atoms with Crippen LogP contribution in [0.15, 0.2) is 10.6 Å². The molecule has 0 aliphatic carbocycles. The Morgan fingerprint density at radius 3 is 3.36 bits per heavy atom. The minimum atomic E-state index is 0.732. The van der Waals surface area contributed by atoms with Crippen molar-refractivity contribution in [3.05, 3.63) is 17.8 Å². The van der Waals surface area contributed by atoms with Crippen LogP contribution in [0.4, 0.5) is 0 Å². The Kier molecular flexibility index (Phi) is 3.48. The summed E-state index contributed by atoms with van der Waals surface area (Å²) in [6, 6.07) is 0. The summed E-state index contributed by atoms with van der Waals surface area (Å²) in [6.45, 7) is 0.769. The molecule has 1 atom stereocenters. The molecule has 0 saturated carbocycles. The van der Waals surface area contributed by atoms with Crippen LogP contribution in [0.2, 0.25) is 0 Å². The number of hydrogen-bond donors (Lipinski definition) is 1. The zero-order chi connectivity index (χ0) is 9.80. The molecule has 2 heterocycles. The van der Waals surface area contributed by atoms with Crippen LogP contribution in [0.5, 0.6) is 0 Å². The van der Waals surface area contributed by atoms with E-state index in [1.807, 2.05) is 25.0 Å². The third-order valence-corrected chi connectivity index (χ3v) is 3.78. The second-order valence-electron chi connectivity index (χ2n) is 3.59. The van der Waals surface area contributed by atoms with Gasteiger partial charge in [-0.2, -0.15) is 11.8 Å². The Balaban J connectivity index is 1.88. The second-order valence-corrected chi connectivity index (χ2v) is 5.00. The highest BCUT2D eigenvalue weighted by molar-refractivity contribution is 8.00. The monoisotopic (exact) mass is 212 g/mol. The van der Waals surface area contributed by atoms with Crippen molar-refractivity contribution in [3.63, 3.8) is 0 Å². The third-order valence-electron chi connectivity index (χ3n) is 2.38. The number of thioether (sulfide) groups is 1. The number of nitrogens with one attached hydrogen (secondary N) is 1. The average Bonchev–Trinajstić information content (AvgIpc) is 2.79. The lowest BCUT2D eigenvalue weighted by molar-refractivity contribution is 0.442. The minimum absolute atomic E-state index is 0.732. The fourth-order valence-corrected chi connectivity index (χ4v) is 2.96. The molecule has 0 bridgehead atoms. The van der Waals surface area contributed by atoms with Gasteiger partial charge in [0.25, 0.3) is 0 Å². The van der Waals surface area contributed by atoms with Crippen molar-refractivity contribution in [1.29, 1.82) is 0 Å². The van der Waals surface area contributed by atoms with Crippen molar-refractivity contribution < 1.29 is 4.42 Å². The van der Waals surface area contributed by atoms with Crippen LogP contribution in [-0.2, 0) is 13.0 Å². The van der Waals surface area contributed by atoms with Crippen molar-refractivity contribution in [2.75, 3.05) is 12.8 Å². The van der Waals surface area contributed by atoms with Gasteiger partial charge in [0.05, 0.1) is 12.7 Å². The molecule has 0 amide bonds. The molecule has 2 rings (SSSR count). The van der Waals surface area contributed by atoms with Crippen molar-refractivity contribution in [2.45, 2.75) is 31.1 Å². The van der Waals surface area contributed by atoms with Gasteiger partial charge in [0, 0.05) is 11.7 Å². The van der Waals surface area contributed by atoms with Crippen LogP contribution in [0.1, 0.15) is 24.5 Å². The summed E-state index contributed by atoms with van der Waals surface area (Å²) in [4.78, 5) is 4.28. The third kappa shape index (κ3) is 2.51. The largest absolute Gasteiger partial charge is 0.444 e. The Morgan fingerprint density at radius 2 is 2.64 bits per heavy atom. The molecular weight excluding hydrogens is 196 g/mol. The standard InChI is InChI=1S/C10H16N2OS/c1-11-6-8-7-12-10(13-8)5-9-3-2-4-14-9/h7,9,11H,2-6H2,1H3. The number of rotatable bonds is 4. The van der Waals surface area contributed by atoms with E-state index < -0.39 is 0 Å². The van der Waals surface area contributed by atoms with E-state index in [9.17, 15) is 0 Å². The first-order valence-corrected chi connectivity index (χ1v) is 6.13. The van der Waals surface area contributed by atoms with Gasteiger partial charge in [-0.3, -0.25) is 0 Å². The lowest BCUT2D eigenvalue weighted by Gasteiger charge is -2.03. The summed E-state index contributed by atoms with van der Waals surface area (Å²) >= 11 is 2.04. The van der Waals surface area contributed by atoms with Crippen molar-refractivity contribution in [2.24, 2.45) is 0 Å². The van der Waals surface area contributed by atoms with Gasteiger partial charge >= 0.3 is 0 Å². The highest BCUT2D eigenvalue weighted by Gasteiger charge is 2.18. The fraction of sp³-hybridized carbons (Fsp3) is 0.700. The summed E-state index contributed by atoms with van der Waals surface area (Å²) in [5.41, 5.74) is 0. The molecule has 1 unspecified atom stereocenters. The van der Waals surface area contributed by atoms with Gasteiger partial charge in [-0.05, 0) is 25.6 Å². The molecule has 14 heavy (non-hydrogen) atoms. The molecular formula is C10H16N2OS. The Hall–Kier alpha value is -0.480. The van der Waals surface area contributed by atoms with E-state index in [-0.39, 0.29) is 0 Å². The molecule has 1 fully saturated rings. The second kappa shape index (κ2) is 4.84. The SMILES string of the molecule is CNCc1cnc(CC2CCCS2)o1. The first-order chi connectivity index (χ1) is 6.88. The zero-order valence-electron chi connectivity index (χ0n) is 8.45. The molecule has 0 radical (unpaired) electrons. The summed E-state index contributed by atoms with van der Waals surface area (Å²) in [5, 5.41) is 3.78. The smallest absolute Gasteiger partial charge is 0.195 e. The van der Waals surface area contributed by atoms with Crippen LogP contribution in [0.25, 0.3) is 0 Å². The molecule has 3 nitrogen and oxygen atoms in total. The maximum atomic E-state index is 5.60. The molecule has 1 saturated heterocycles. The van der Waals surface area contributed by atoms with Crippen molar-refractivity contribution >= 4 is 11.8 Å². The quantitative estimate of drug-likeness (QED) is 0.826. The zero-order valence-corrected chi connectivity index (χ0v) is 9.27. The Labute approximate surface area is 88.7 Å². The maximum Gasteiger partial charge on any atom is 0.195 e. The van der Waals surface area contributed by atoms with Crippen molar-refractivity contribution in [3.8, 4) is 0 Å². The van der Waals surface area contributed by atoms with Crippen LogP contribution < -0.4 is 5.32 Å². The number of hydrogen-bond acceptors (Lipinski definition) is 4. The van der Waals surface area contributed by atoms with Crippen LogP contribution in [-0.4, -0.2) is 23.0 Å². The molecule has 1 aromatic heterocycles.